The first-order valence-electron chi connectivity index (χ1n) is 6.85. The summed E-state index contributed by atoms with van der Waals surface area (Å²) >= 11 is 0. The van der Waals surface area contributed by atoms with Crippen molar-refractivity contribution in [1.82, 2.24) is 5.32 Å². The lowest BCUT2D eigenvalue weighted by Gasteiger charge is -2.19. The van der Waals surface area contributed by atoms with E-state index in [2.05, 4.69) is 31.3 Å². The first-order valence-corrected chi connectivity index (χ1v) is 6.85. The van der Waals surface area contributed by atoms with Crippen molar-refractivity contribution in [1.29, 1.82) is 0 Å². The van der Waals surface area contributed by atoms with Crippen LogP contribution in [0.1, 0.15) is 42.0 Å². The third-order valence-corrected chi connectivity index (χ3v) is 3.53. The van der Waals surface area contributed by atoms with Crippen molar-refractivity contribution in [3.63, 3.8) is 0 Å². The average molecular weight is 277 g/mol. The van der Waals surface area contributed by atoms with Gasteiger partial charge in [-0.2, -0.15) is 0 Å². The fourth-order valence-electron chi connectivity index (χ4n) is 2.32. The fraction of sp³-hybridized carbons (Fsp3) is 0.500. The Morgan fingerprint density at radius 3 is 2.30 bits per heavy atom. The molecule has 2 N–H and O–H groups in total. The van der Waals surface area contributed by atoms with Crippen LogP contribution in [0.5, 0.6) is 0 Å². The van der Waals surface area contributed by atoms with Gasteiger partial charge in [0, 0.05) is 19.4 Å². The highest BCUT2D eigenvalue weighted by Gasteiger charge is 2.14. The number of hydrogen-bond acceptors (Lipinski definition) is 2. The Morgan fingerprint density at radius 2 is 1.75 bits per heavy atom. The third-order valence-electron chi connectivity index (χ3n) is 3.53. The highest BCUT2D eigenvalue weighted by Crippen LogP contribution is 2.18. The molecule has 1 aromatic rings. The Hall–Kier alpha value is -1.84. The van der Waals surface area contributed by atoms with Gasteiger partial charge in [0.15, 0.2) is 0 Å². The smallest absolute Gasteiger partial charge is 0.303 e. The minimum Gasteiger partial charge on any atom is -0.481 e. The minimum absolute atomic E-state index is 0.0643. The number of benzene rings is 1. The number of carbonyl (C=O) groups is 2. The highest BCUT2D eigenvalue weighted by molar-refractivity contribution is 5.73. The maximum absolute atomic E-state index is 11.2. The molecule has 1 atom stereocenters. The predicted octanol–water partition coefficient (Wildman–Crippen LogP) is 2.52. The minimum atomic E-state index is -0.836. The van der Waals surface area contributed by atoms with Crippen molar-refractivity contribution >= 4 is 11.9 Å². The van der Waals surface area contributed by atoms with Crippen molar-refractivity contribution < 1.29 is 14.7 Å². The summed E-state index contributed by atoms with van der Waals surface area (Å²) in [4.78, 5) is 21.9. The zero-order valence-electron chi connectivity index (χ0n) is 12.6. The second kappa shape index (κ2) is 7.08. The van der Waals surface area contributed by atoms with E-state index in [0.717, 1.165) is 5.56 Å². The molecule has 0 bridgehead atoms. The second-order valence-electron chi connectivity index (χ2n) is 5.40. The summed E-state index contributed by atoms with van der Waals surface area (Å²) in [5, 5.41) is 11.6. The van der Waals surface area contributed by atoms with E-state index in [-0.39, 0.29) is 18.4 Å². The van der Waals surface area contributed by atoms with Gasteiger partial charge in [0.2, 0.25) is 5.91 Å². The molecule has 0 saturated carbocycles. The first-order chi connectivity index (χ1) is 9.29. The van der Waals surface area contributed by atoms with Gasteiger partial charge < -0.3 is 10.4 Å². The monoisotopic (exact) mass is 277 g/mol. The Balaban J connectivity index is 2.85. The largest absolute Gasteiger partial charge is 0.481 e. The molecule has 0 aromatic heterocycles. The van der Waals surface area contributed by atoms with E-state index >= 15 is 0 Å². The molecule has 1 aromatic carbocycles. The number of amides is 1. The number of aliphatic carboxylic acids is 1. The zero-order chi connectivity index (χ0) is 15.3. The molecular weight excluding hydrogens is 254 g/mol. The first kappa shape index (κ1) is 16.2. The van der Waals surface area contributed by atoms with Crippen LogP contribution in [0.2, 0.25) is 0 Å². The summed E-state index contributed by atoms with van der Waals surface area (Å²) in [5.41, 5.74) is 4.80. The van der Waals surface area contributed by atoms with Crippen LogP contribution in [0.15, 0.2) is 12.1 Å². The Morgan fingerprint density at radius 1 is 1.15 bits per heavy atom. The molecule has 0 aliphatic rings. The van der Waals surface area contributed by atoms with E-state index in [1.165, 1.54) is 23.6 Å². The molecule has 4 nitrogen and oxygen atoms in total. The van der Waals surface area contributed by atoms with Crippen LogP contribution in [0, 0.1) is 20.8 Å². The molecule has 0 heterocycles. The molecule has 0 saturated heterocycles. The van der Waals surface area contributed by atoms with Gasteiger partial charge in [-0.25, -0.2) is 0 Å². The number of aryl methyl sites for hydroxylation is 3. The second-order valence-corrected chi connectivity index (χ2v) is 5.40. The maximum atomic E-state index is 11.2. The van der Waals surface area contributed by atoms with Crippen LogP contribution in [0.4, 0.5) is 0 Å². The van der Waals surface area contributed by atoms with Crippen LogP contribution in [0.25, 0.3) is 0 Å². The number of rotatable bonds is 6. The van der Waals surface area contributed by atoms with E-state index in [1.807, 2.05) is 6.92 Å². The van der Waals surface area contributed by atoms with Crippen molar-refractivity contribution in [2.75, 3.05) is 0 Å². The summed E-state index contributed by atoms with van der Waals surface area (Å²) < 4.78 is 0. The van der Waals surface area contributed by atoms with Gasteiger partial charge in [-0.1, -0.05) is 12.1 Å². The topological polar surface area (TPSA) is 66.4 Å². The number of hydrogen-bond donors (Lipinski definition) is 2. The van der Waals surface area contributed by atoms with Gasteiger partial charge in [-0.3, -0.25) is 9.59 Å². The Kier molecular flexibility index (Phi) is 5.74. The van der Waals surface area contributed by atoms with Gasteiger partial charge in [-0.15, -0.1) is 0 Å². The molecule has 0 aliphatic carbocycles. The molecule has 1 amide bonds. The van der Waals surface area contributed by atoms with Crippen LogP contribution in [-0.4, -0.2) is 23.0 Å². The third kappa shape index (κ3) is 5.03. The quantitative estimate of drug-likeness (QED) is 0.839. The molecular formula is C16H23NO3. The van der Waals surface area contributed by atoms with Gasteiger partial charge in [0.1, 0.15) is 0 Å². The molecule has 0 spiro atoms. The molecule has 0 fully saturated rings. The molecule has 4 heteroatoms. The van der Waals surface area contributed by atoms with Crippen LogP contribution >= 0.6 is 0 Å². The fourth-order valence-corrected chi connectivity index (χ4v) is 2.32. The predicted molar refractivity (Wildman–Crippen MR) is 78.8 cm³/mol. The number of carbonyl (C=O) groups excluding carboxylic acids is 1. The van der Waals surface area contributed by atoms with Crippen molar-refractivity contribution in [2.45, 2.75) is 53.0 Å². The molecule has 0 radical (unpaired) electrons. The summed E-state index contributed by atoms with van der Waals surface area (Å²) in [7, 11) is 0. The van der Waals surface area contributed by atoms with E-state index < -0.39 is 5.97 Å². The van der Waals surface area contributed by atoms with Gasteiger partial charge in [0.25, 0.3) is 0 Å². The molecule has 110 valence electrons. The lowest BCUT2D eigenvalue weighted by atomic mass is 9.94. The Bertz CT molecular complexity index is 509. The normalized spacial score (nSPS) is 12.0. The lowest BCUT2D eigenvalue weighted by Crippen LogP contribution is -2.35. The average Bonchev–Trinajstić information content (AvgIpc) is 2.32. The van der Waals surface area contributed by atoms with Crippen LogP contribution in [0.3, 0.4) is 0 Å². The van der Waals surface area contributed by atoms with Crippen molar-refractivity contribution in [3.8, 4) is 0 Å². The summed E-state index contributed by atoms with van der Waals surface area (Å²) in [6.45, 7) is 7.63. The number of carboxylic acids is 1. The van der Waals surface area contributed by atoms with E-state index in [9.17, 15) is 9.59 Å². The van der Waals surface area contributed by atoms with Crippen LogP contribution in [-0.2, 0) is 16.0 Å². The molecule has 20 heavy (non-hydrogen) atoms. The molecule has 0 aliphatic heterocycles. The van der Waals surface area contributed by atoms with E-state index in [1.54, 1.807) is 0 Å². The highest BCUT2D eigenvalue weighted by atomic mass is 16.4. The summed E-state index contributed by atoms with van der Waals surface area (Å²) in [6, 6.07) is 4.12. The van der Waals surface area contributed by atoms with Gasteiger partial charge in [0.05, 0.1) is 0 Å². The van der Waals surface area contributed by atoms with E-state index in [0.29, 0.717) is 12.8 Å². The van der Waals surface area contributed by atoms with Crippen molar-refractivity contribution in [3.05, 3.63) is 34.4 Å². The Labute approximate surface area is 120 Å². The van der Waals surface area contributed by atoms with E-state index in [4.69, 9.17) is 5.11 Å². The van der Waals surface area contributed by atoms with Crippen molar-refractivity contribution in [2.24, 2.45) is 0 Å². The van der Waals surface area contributed by atoms with Gasteiger partial charge >= 0.3 is 5.97 Å². The SMILES string of the molecule is CC(=O)NC(CCC(=O)O)Cc1cc(C)c(C)cc1C. The molecule has 1 unspecified atom stereocenters. The molecule has 1 rings (SSSR count). The summed E-state index contributed by atoms with van der Waals surface area (Å²) in [6.07, 6.45) is 1.18. The van der Waals surface area contributed by atoms with Gasteiger partial charge in [-0.05, 0) is 55.9 Å². The maximum Gasteiger partial charge on any atom is 0.303 e. The lowest BCUT2D eigenvalue weighted by molar-refractivity contribution is -0.137. The van der Waals surface area contributed by atoms with Crippen LogP contribution < -0.4 is 5.32 Å². The zero-order valence-corrected chi connectivity index (χ0v) is 12.6. The summed E-state index contributed by atoms with van der Waals surface area (Å²) in [5.74, 6) is -0.959. The number of carboxylic acid groups (broad SMARTS) is 1. The standard InChI is InChI=1S/C16H23NO3/c1-10-7-12(3)14(8-11(10)2)9-15(17-13(4)18)5-6-16(19)20/h7-8,15H,5-6,9H2,1-4H3,(H,17,18)(H,19,20). The number of nitrogens with one attached hydrogen (secondary N) is 1.